The van der Waals surface area contributed by atoms with Crippen molar-refractivity contribution in [3.63, 3.8) is 0 Å². The second-order valence-corrected chi connectivity index (χ2v) is 3.37. The maximum atomic E-state index is 8.84. The average Bonchev–Trinajstić information content (AvgIpc) is 2.11. The first-order valence-corrected chi connectivity index (χ1v) is 4.71. The molecular formula is C9H22N2O2. The van der Waals surface area contributed by atoms with Crippen molar-refractivity contribution >= 4 is 0 Å². The second kappa shape index (κ2) is 8.44. The molecule has 0 aliphatic carbocycles. The summed E-state index contributed by atoms with van der Waals surface area (Å²) in [6.07, 6.45) is 0.862. The Morgan fingerprint density at radius 3 is 2.54 bits per heavy atom. The summed E-state index contributed by atoms with van der Waals surface area (Å²) < 4.78 is 5.39. The molecule has 0 saturated carbocycles. The average molecular weight is 190 g/mol. The third-order valence-corrected chi connectivity index (χ3v) is 1.92. The Balaban J connectivity index is 3.14. The van der Waals surface area contributed by atoms with Crippen LogP contribution in [0.2, 0.25) is 0 Å². The van der Waals surface area contributed by atoms with Crippen LogP contribution in [0, 0.1) is 0 Å². The van der Waals surface area contributed by atoms with Crippen molar-refractivity contribution in [1.82, 2.24) is 10.2 Å². The van der Waals surface area contributed by atoms with Gasteiger partial charge in [-0.3, -0.25) is 0 Å². The van der Waals surface area contributed by atoms with Gasteiger partial charge in [0.2, 0.25) is 0 Å². The summed E-state index contributed by atoms with van der Waals surface area (Å²) in [4.78, 5) is 2.08. The lowest BCUT2D eigenvalue weighted by atomic mass is 10.2. The zero-order chi connectivity index (χ0) is 10.1. The number of likely N-dealkylation sites (N-methyl/N-ethyl adjacent to an activating group) is 2. The highest BCUT2D eigenvalue weighted by Gasteiger charge is 2.02. The van der Waals surface area contributed by atoms with Gasteiger partial charge < -0.3 is 20.1 Å². The van der Waals surface area contributed by atoms with E-state index < -0.39 is 0 Å². The topological polar surface area (TPSA) is 44.7 Å². The van der Waals surface area contributed by atoms with Crippen LogP contribution in [-0.4, -0.2) is 63.6 Å². The first-order chi connectivity index (χ1) is 6.20. The van der Waals surface area contributed by atoms with E-state index in [4.69, 9.17) is 9.84 Å². The first-order valence-electron chi connectivity index (χ1n) is 4.71. The Labute approximate surface area is 80.9 Å². The molecule has 0 heterocycles. The minimum Gasteiger partial charge on any atom is -0.395 e. The monoisotopic (exact) mass is 190 g/mol. The van der Waals surface area contributed by atoms with E-state index >= 15 is 0 Å². The van der Waals surface area contributed by atoms with E-state index in [2.05, 4.69) is 10.2 Å². The van der Waals surface area contributed by atoms with Crippen molar-refractivity contribution < 1.29 is 9.84 Å². The molecule has 4 nitrogen and oxygen atoms in total. The van der Waals surface area contributed by atoms with Crippen molar-refractivity contribution in [2.75, 3.05) is 47.5 Å². The number of nitrogens with zero attached hydrogens (tertiary/aromatic N) is 1. The minimum atomic E-state index is 0.166. The fourth-order valence-electron chi connectivity index (χ4n) is 0.902. The van der Waals surface area contributed by atoms with Gasteiger partial charge in [-0.2, -0.15) is 0 Å². The lowest BCUT2D eigenvalue weighted by Gasteiger charge is -2.14. The molecule has 0 aliphatic heterocycles. The zero-order valence-electron chi connectivity index (χ0n) is 8.92. The predicted molar refractivity (Wildman–Crippen MR) is 53.9 cm³/mol. The highest BCUT2D eigenvalue weighted by atomic mass is 16.5. The van der Waals surface area contributed by atoms with Gasteiger partial charge in [0, 0.05) is 19.2 Å². The molecule has 0 rings (SSSR count). The smallest absolute Gasteiger partial charge is 0.0593 e. The summed E-state index contributed by atoms with van der Waals surface area (Å²) in [5, 5.41) is 11.9. The van der Waals surface area contributed by atoms with E-state index in [1.807, 2.05) is 21.1 Å². The first kappa shape index (κ1) is 12.8. The molecule has 0 aliphatic rings. The van der Waals surface area contributed by atoms with Gasteiger partial charge in [0.1, 0.15) is 0 Å². The summed E-state index contributed by atoms with van der Waals surface area (Å²) in [6.45, 7) is 2.59. The van der Waals surface area contributed by atoms with Crippen LogP contribution in [0.3, 0.4) is 0 Å². The number of ether oxygens (including phenoxy) is 1. The molecule has 0 amide bonds. The Bertz CT molecular complexity index is 106. The number of aliphatic hydroxyl groups excluding tert-OH is 1. The molecule has 4 heteroatoms. The van der Waals surface area contributed by atoms with Crippen LogP contribution >= 0.6 is 0 Å². The number of hydrogen-bond acceptors (Lipinski definition) is 4. The molecular weight excluding hydrogens is 168 g/mol. The molecule has 13 heavy (non-hydrogen) atoms. The standard InChI is InChI=1S/C9H22N2O2/c1-10-9(8-12)4-6-13-7-5-11(2)3/h9-10,12H,4-8H2,1-3H3. The Kier molecular flexibility index (Phi) is 8.33. The van der Waals surface area contributed by atoms with Crippen LogP contribution in [0.25, 0.3) is 0 Å². The molecule has 0 aromatic rings. The molecule has 0 bridgehead atoms. The van der Waals surface area contributed by atoms with Crippen molar-refractivity contribution in [3.05, 3.63) is 0 Å². The van der Waals surface area contributed by atoms with Crippen molar-refractivity contribution in [2.45, 2.75) is 12.5 Å². The van der Waals surface area contributed by atoms with Crippen molar-refractivity contribution in [1.29, 1.82) is 0 Å². The molecule has 1 unspecified atom stereocenters. The molecule has 1 atom stereocenters. The lowest BCUT2D eigenvalue weighted by molar-refractivity contribution is 0.102. The summed E-state index contributed by atoms with van der Waals surface area (Å²) >= 11 is 0. The van der Waals surface area contributed by atoms with E-state index in [0.717, 1.165) is 19.6 Å². The predicted octanol–water partition coefficient (Wildman–Crippen LogP) is -0.465. The zero-order valence-corrected chi connectivity index (χ0v) is 8.92. The highest BCUT2D eigenvalue weighted by Crippen LogP contribution is 1.91. The highest BCUT2D eigenvalue weighted by molar-refractivity contribution is 4.61. The quantitative estimate of drug-likeness (QED) is 0.508. The fourth-order valence-corrected chi connectivity index (χ4v) is 0.902. The molecule has 0 fully saturated rings. The molecule has 0 aromatic carbocycles. The number of rotatable bonds is 8. The van der Waals surface area contributed by atoms with E-state index in [0.29, 0.717) is 6.61 Å². The van der Waals surface area contributed by atoms with Gasteiger partial charge in [0.05, 0.1) is 13.2 Å². The number of aliphatic hydroxyl groups is 1. The van der Waals surface area contributed by atoms with Crippen molar-refractivity contribution in [2.24, 2.45) is 0 Å². The van der Waals surface area contributed by atoms with Crippen LogP contribution in [0.4, 0.5) is 0 Å². The second-order valence-electron chi connectivity index (χ2n) is 3.37. The van der Waals surface area contributed by atoms with E-state index in [-0.39, 0.29) is 12.6 Å². The molecule has 0 saturated heterocycles. The van der Waals surface area contributed by atoms with E-state index in [1.54, 1.807) is 0 Å². The Morgan fingerprint density at radius 1 is 1.38 bits per heavy atom. The van der Waals surface area contributed by atoms with Crippen LogP contribution in [0.1, 0.15) is 6.42 Å². The summed E-state index contributed by atoms with van der Waals surface area (Å²) in [6, 6.07) is 0.166. The molecule has 0 spiro atoms. The van der Waals surface area contributed by atoms with E-state index in [9.17, 15) is 0 Å². The van der Waals surface area contributed by atoms with Gasteiger partial charge in [0.15, 0.2) is 0 Å². The summed E-state index contributed by atoms with van der Waals surface area (Å²) in [5.74, 6) is 0. The Hall–Kier alpha value is -0.160. The number of hydrogen-bond donors (Lipinski definition) is 2. The molecule has 0 aromatic heterocycles. The van der Waals surface area contributed by atoms with Crippen LogP contribution in [0.15, 0.2) is 0 Å². The minimum absolute atomic E-state index is 0.166. The van der Waals surface area contributed by atoms with Crippen molar-refractivity contribution in [3.8, 4) is 0 Å². The largest absolute Gasteiger partial charge is 0.395 e. The lowest BCUT2D eigenvalue weighted by Crippen LogP contribution is -2.30. The van der Waals surface area contributed by atoms with Gasteiger partial charge in [0.25, 0.3) is 0 Å². The van der Waals surface area contributed by atoms with Gasteiger partial charge in [-0.15, -0.1) is 0 Å². The van der Waals surface area contributed by atoms with Gasteiger partial charge in [-0.25, -0.2) is 0 Å². The summed E-state index contributed by atoms with van der Waals surface area (Å²) in [5.41, 5.74) is 0. The van der Waals surface area contributed by atoms with Crippen LogP contribution in [-0.2, 0) is 4.74 Å². The van der Waals surface area contributed by atoms with Crippen LogP contribution < -0.4 is 5.32 Å². The third-order valence-electron chi connectivity index (χ3n) is 1.92. The maximum absolute atomic E-state index is 8.84. The molecule has 2 N–H and O–H groups in total. The maximum Gasteiger partial charge on any atom is 0.0593 e. The van der Waals surface area contributed by atoms with Crippen LogP contribution in [0.5, 0.6) is 0 Å². The molecule has 80 valence electrons. The van der Waals surface area contributed by atoms with Gasteiger partial charge >= 0.3 is 0 Å². The third kappa shape index (κ3) is 8.18. The SMILES string of the molecule is CNC(CO)CCOCCN(C)C. The normalized spacial score (nSPS) is 13.6. The molecule has 0 radical (unpaired) electrons. The fraction of sp³-hybridized carbons (Fsp3) is 1.00. The Morgan fingerprint density at radius 2 is 2.08 bits per heavy atom. The summed E-state index contributed by atoms with van der Waals surface area (Å²) in [7, 11) is 5.89. The van der Waals surface area contributed by atoms with Gasteiger partial charge in [-0.1, -0.05) is 0 Å². The van der Waals surface area contributed by atoms with Gasteiger partial charge in [-0.05, 0) is 27.6 Å². The number of nitrogens with one attached hydrogen (secondary N) is 1. The van der Waals surface area contributed by atoms with E-state index in [1.165, 1.54) is 0 Å².